The first kappa shape index (κ1) is 11.2. The Morgan fingerprint density at radius 1 is 1.50 bits per heavy atom. The van der Waals surface area contributed by atoms with E-state index in [1.54, 1.807) is 0 Å². The molecule has 0 aliphatic carbocycles. The number of carbonyl (C=O) groups is 1. The fourth-order valence-electron chi connectivity index (χ4n) is 0.653. The summed E-state index contributed by atoms with van der Waals surface area (Å²) in [6, 6.07) is -0.417. The minimum atomic E-state index is -0.417. The van der Waals surface area contributed by atoms with Crippen molar-refractivity contribution in [1.82, 2.24) is 5.32 Å². The van der Waals surface area contributed by atoms with E-state index in [2.05, 4.69) is 5.32 Å². The van der Waals surface area contributed by atoms with Crippen molar-refractivity contribution in [2.75, 3.05) is 0 Å². The van der Waals surface area contributed by atoms with E-state index < -0.39 is 6.04 Å². The Morgan fingerprint density at radius 3 is 2.33 bits per heavy atom. The molecular formula is C9H18N2O. The average Bonchev–Trinajstić information content (AvgIpc) is 2.02. The van der Waals surface area contributed by atoms with Gasteiger partial charge in [0.25, 0.3) is 0 Å². The molecule has 0 aromatic heterocycles. The lowest BCUT2D eigenvalue weighted by Crippen LogP contribution is -2.43. The lowest BCUT2D eigenvalue weighted by molar-refractivity contribution is -0.122. The molecule has 0 aromatic rings. The molecule has 0 saturated carbocycles. The number of hydrogen-bond donors (Lipinski definition) is 2. The molecular weight excluding hydrogens is 152 g/mol. The zero-order valence-corrected chi connectivity index (χ0v) is 8.22. The molecule has 0 bridgehead atoms. The second kappa shape index (κ2) is 4.93. The summed E-state index contributed by atoms with van der Waals surface area (Å²) in [5.41, 5.74) is 6.47. The monoisotopic (exact) mass is 170 g/mol. The van der Waals surface area contributed by atoms with Crippen LogP contribution in [0.4, 0.5) is 0 Å². The van der Waals surface area contributed by atoms with Crippen LogP contribution in [0.1, 0.15) is 27.7 Å². The molecule has 0 fully saturated rings. The molecule has 12 heavy (non-hydrogen) atoms. The van der Waals surface area contributed by atoms with E-state index in [0.29, 0.717) is 0 Å². The lowest BCUT2D eigenvalue weighted by atomic mass is 10.1. The summed E-state index contributed by atoms with van der Waals surface area (Å²) in [6.45, 7) is 7.56. The first-order valence-electron chi connectivity index (χ1n) is 4.18. The van der Waals surface area contributed by atoms with E-state index in [-0.39, 0.29) is 11.8 Å². The van der Waals surface area contributed by atoms with Crippen LogP contribution in [0.5, 0.6) is 0 Å². The summed E-state index contributed by atoms with van der Waals surface area (Å²) < 4.78 is 0. The van der Waals surface area contributed by atoms with E-state index in [1.165, 1.54) is 0 Å². The zero-order chi connectivity index (χ0) is 9.72. The lowest BCUT2D eigenvalue weighted by Gasteiger charge is -2.15. The van der Waals surface area contributed by atoms with Gasteiger partial charge >= 0.3 is 0 Å². The van der Waals surface area contributed by atoms with Crippen molar-refractivity contribution in [2.24, 2.45) is 11.7 Å². The SMILES string of the molecule is C/C=C(\C)NC(=O)C(N)C(C)C. The van der Waals surface area contributed by atoms with Gasteiger partial charge in [0.05, 0.1) is 6.04 Å². The van der Waals surface area contributed by atoms with Crippen LogP contribution in [-0.2, 0) is 4.79 Å². The number of hydrogen-bond acceptors (Lipinski definition) is 2. The number of rotatable bonds is 3. The maximum atomic E-state index is 11.3. The summed E-state index contributed by atoms with van der Waals surface area (Å²) >= 11 is 0. The Balaban J connectivity index is 4.05. The molecule has 1 atom stereocenters. The van der Waals surface area contributed by atoms with Crippen molar-refractivity contribution in [3.63, 3.8) is 0 Å². The molecule has 0 aliphatic heterocycles. The molecule has 0 spiro atoms. The number of carbonyl (C=O) groups excluding carboxylic acids is 1. The smallest absolute Gasteiger partial charge is 0.241 e. The number of nitrogens with one attached hydrogen (secondary N) is 1. The molecule has 0 rings (SSSR count). The van der Waals surface area contributed by atoms with Crippen molar-refractivity contribution in [3.05, 3.63) is 11.8 Å². The van der Waals surface area contributed by atoms with E-state index >= 15 is 0 Å². The van der Waals surface area contributed by atoms with Gasteiger partial charge in [-0.25, -0.2) is 0 Å². The fourth-order valence-corrected chi connectivity index (χ4v) is 0.653. The van der Waals surface area contributed by atoms with Crippen molar-refractivity contribution >= 4 is 5.91 Å². The topological polar surface area (TPSA) is 55.1 Å². The standard InChI is InChI=1S/C9H18N2O/c1-5-7(4)11-9(12)8(10)6(2)3/h5-6,8H,10H2,1-4H3,(H,11,12)/b7-5+. The maximum Gasteiger partial charge on any atom is 0.241 e. The zero-order valence-electron chi connectivity index (χ0n) is 8.22. The van der Waals surface area contributed by atoms with Crippen molar-refractivity contribution in [2.45, 2.75) is 33.7 Å². The largest absolute Gasteiger partial charge is 0.329 e. The second-order valence-electron chi connectivity index (χ2n) is 3.23. The van der Waals surface area contributed by atoms with Gasteiger partial charge in [0.1, 0.15) is 0 Å². The second-order valence-corrected chi connectivity index (χ2v) is 3.23. The van der Waals surface area contributed by atoms with Crippen LogP contribution >= 0.6 is 0 Å². The predicted octanol–water partition coefficient (Wildman–Crippen LogP) is 1.01. The Morgan fingerprint density at radius 2 is 2.00 bits per heavy atom. The number of allylic oxidation sites excluding steroid dienone is 2. The maximum absolute atomic E-state index is 11.3. The van der Waals surface area contributed by atoms with Gasteiger partial charge in [-0.05, 0) is 19.8 Å². The summed E-state index contributed by atoms with van der Waals surface area (Å²) in [5, 5.41) is 2.71. The summed E-state index contributed by atoms with van der Waals surface area (Å²) in [7, 11) is 0. The van der Waals surface area contributed by atoms with E-state index in [1.807, 2.05) is 33.8 Å². The minimum absolute atomic E-state index is 0.111. The van der Waals surface area contributed by atoms with Crippen LogP contribution in [0.2, 0.25) is 0 Å². The molecule has 1 unspecified atom stereocenters. The molecule has 70 valence electrons. The van der Waals surface area contributed by atoms with Crippen LogP contribution in [0.25, 0.3) is 0 Å². The van der Waals surface area contributed by atoms with Gasteiger partial charge in [0.2, 0.25) is 5.91 Å². The molecule has 3 N–H and O–H groups in total. The third-order valence-electron chi connectivity index (χ3n) is 1.77. The Bertz CT molecular complexity index is 185. The highest BCUT2D eigenvalue weighted by atomic mass is 16.2. The first-order valence-corrected chi connectivity index (χ1v) is 4.18. The highest BCUT2D eigenvalue weighted by Crippen LogP contribution is 1.98. The van der Waals surface area contributed by atoms with Crippen LogP contribution in [0, 0.1) is 5.92 Å². The van der Waals surface area contributed by atoms with Crippen LogP contribution in [-0.4, -0.2) is 11.9 Å². The molecule has 3 nitrogen and oxygen atoms in total. The highest BCUT2D eigenvalue weighted by molar-refractivity contribution is 5.83. The molecule has 0 heterocycles. The van der Waals surface area contributed by atoms with E-state index in [4.69, 9.17) is 5.73 Å². The predicted molar refractivity (Wildman–Crippen MR) is 50.4 cm³/mol. The summed E-state index contributed by atoms with van der Waals surface area (Å²) in [5.74, 6) is 0.0651. The van der Waals surface area contributed by atoms with Gasteiger partial charge in [0.15, 0.2) is 0 Å². The van der Waals surface area contributed by atoms with Crippen molar-refractivity contribution in [1.29, 1.82) is 0 Å². The highest BCUT2D eigenvalue weighted by Gasteiger charge is 2.16. The molecule has 0 aromatic carbocycles. The van der Waals surface area contributed by atoms with Crippen LogP contribution in [0.15, 0.2) is 11.8 Å². The van der Waals surface area contributed by atoms with E-state index in [9.17, 15) is 4.79 Å². The third-order valence-corrected chi connectivity index (χ3v) is 1.77. The minimum Gasteiger partial charge on any atom is -0.329 e. The van der Waals surface area contributed by atoms with Crippen LogP contribution in [0.3, 0.4) is 0 Å². The first-order chi connectivity index (χ1) is 5.49. The molecule has 0 radical (unpaired) electrons. The van der Waals surface area contributed by atoms with Gasteiger partial charge in [-0.1, -0.05) is 19.9 Å². The Hall–Kier alpha value is -0.830. The Labute approximate surface area is 74.0 Å². The van der Waals surface area contributed by atoms with Gasteiger partial charge in [-0.15, -0.1) is 0 Å². The number of amides is 1. The van der Waals surface area contributed by atoms with Gasteiger partial charge in [0, 0.05) is 5.70 Å². The van der Waals surface area contributed by atoms with Gasteiger partial charge in [-0.2, -0.15) is 0 Å². The van der Waals surface area contributed by atoms with Gasteiger partial charge in [-0.3, -0.25) is 4.79 Å². The van der Waals surface area contributed by atoms with Crippen molar-refractivity contribution < 1.29 is 4.79 Å². The Kier molecular flexibility index (Phi) is 4.59. The number of nitrogens with two attached hydrogens (primary N) is 1. The summed E-state index contributed by atoms with van der Waals surface area (Å²) in [6.07, 6.45) is 1.84. The van der Waals surface area contributed by atoms with Gasteiger partial charge < -0.3 is 11.1 Å². The van der Waals surface area contributed by atoms with Crippen LogP contribution < -0.4 is 11.1 Å². The third kappa shape index (κ3) is 3.53. The average molecular weight is 170 g/mol. The normalized spacial score (nSPS) is 14.7. The summed E-state index contributed by atoms with van der Waals surface area (Å²) in [4.78, 5) is 11.3. The fraction of sp³-hybridized carbons (Fsp3) is 0.667. The van der Waals surface area contributed by atoms with E-state index in [0.717, 1.165) is 5.70 Å². The molecule has 0 saturated heterocycles. The quantitative estimate of drug-likeness (QED) is 0.664. The molecule has 1 amide bonds. The molecule has 0 aliphatic rings. The van der Waals surface area contributed by atoms with Crippen molar-refractivity contribution in [3.8, 4) is 0 Å². The molecule has 3 heteroatoms.